The Morgan fingerprint density at radius 3 is 2.59 bits per heavy atom. The average molecular weight is 394 g/mol. The third kappa shape index (κ3) is 4.21. The van der Waals surface area contributed by atoms with Crippen LogP contribution in [-0.2, 0) is 0 Å². The molecule has 4 rings (SSSR count). The first kappa shape index (κ1) is 20.3. The van der Waals surface area contributed by atoms with E-state index in [1.54, 1.807) is 17.9 Å². The second-order valence-electron chi connectivity index (χ2n) is 6.48. The number of aryl methyl sites for hydroxylation is 1. The predicted molar refractivity (Wildman–Crippen MR) is 109 cm³/mol. The molecule has 7 heteroatoms. The average Bonchev–Trinajstić information content (AvgIpc) is 3.14. The highest BCUT2D eigenvalue weighted by atomic mass is 19.1. The number of hydrogen-bond acceptors (Lipinski definition) is 5. The van der Waals surface area contributed by atoms with E-state index in [2.05, 4.69) is 16.0 Å². The Balaban J connectivity index is 0.00000117. The van der Waals surface area contributed by atoms with Crippen LogP contribution in [0.3, 0.4) is 0 Å². The summed E-state index contributed by atoms with van der Waals surface area (Å²) >= 11 is 0. The lowest BCUT2D eigenvalue weighted by atomic mass is 10.1. The minimum atomic E-state index is -0.508. The number of anilines is 1. The lowest BCUT2D eigenvalue weighted by molar-refractivity contribution is 0.0747. The minimum absolute atomic E-state index is 0.200. The fourth-order valence-electron chi connectivity index (χ4n) is 3.38. The molecule has 0 atom stereocenters. The van der Waals surface area contributed by atoms with E-state index in [1.165, 1.54) is 12.1 Å². The maximum Gasteiger partial charge on any atom is 0.257 e. The standard InChI is InChI=1S/C20H17FN4O2.C2H6/c1-13-23-18-11-15(21)10-17(19(18)27-13)20(26)25-7-5-24(6-8-25)16-4-2-3-14(9-16)12-22;1-2/h2-4,9-11H,5-8H2,1H3;1-2H3. The van der Waals surface area contributed by atoms with Gasteiger partial charge in [-0.15, -0.1) is 0 Å². The zero-order valence-corrected chi connectivity index (χ0v) is 16.8. The van der Waals surface area contributed by atoms with Gasteiger partial charge in [-0.25, -0.2) is 9.37 Å². The lowest BCUT2D eigenvalue weighted by Gasteiger charge is -2.36. The number of amides is 1. The lowest BCUT2D eigenvalue weighted by Crippen LogP contribution is -2.48. The van der Waals surface area contributed by atoms with Gasteiger partial charge in [-0.05, 0) is 24.3 Å². The van der Waals surface area contributed by atoms with E-state index in [4.69, 9.17) is 9.68 Å². The molecule has 0 unspecified atom stereocenters. The third-order valence-electron chi connectivity index (χ3n) is 4.70. The first-order valence-corrected chi connectivity index (χ1v) is 9.66. The summed E-state index contributed by atoms with van der Waals surface area (Å²) in [5.74, 6) is -0.376. The smallest absolute Gasteiger partial charge is 0.257 e. The molecule has 1 aliphatic heterocycles. The van der Waals surface area contributed by atoms with Crippen LogP contribution >= 0.6 is 0 Å². The van der Waals surface area contributed by atoms with E-state index < -0.39 is 5.82 Å². The van der Waals surface area contributed by atoms with Crippen molar-refractivity contribution in [3.8, 4) is 6.07 Å². The van der Waals surface area contributed by atoms with Crippen molar-refractivity contribution >= 4 is 22.7 Å². The van der Waals surface area contributed by atoms with Gasteiger partial charge in [-0.2, -0.15) is 5.26 Å². The molecule has 6 nitrogen and oxygen atoms in total. The zero-order valence-electron chi connectivity index (χ0n) is 16.8. The largest absolute Gasteiger partial charge is 0.440 e. The number of carbonyl (C=O) groups excluding carboxylic acids is 1. The van der Waals surface area contributed by atoms with Gasteiger partial charge in [0.15, 0.2) is 11.5 Å². The van der Waals surface area contributed by atoms with Crippen molar-refractivity contribution in [3.63, 3.8) is 0 Å². The summed E-state index contributed by atoms with van der Waals surface area (Å²) in [7, 11) is 0. The Morgan fingerprint density at radius 2 is 1.90 bits per heavy atom. The summed E-state index contributed by atoms with van der Waals surface area (Å²) in [5.41, 5.74) is 2.44. The zero-order chi connectivity index (χ0) is 21.0. The maximum absolute atomic E-state index is 13.9. The fourth-order valence-corrected chi connectivity index (χ4v) is 3.38. The van der Waals surface area contributed by atoms with Crippen molar-refractivity contribution in [1.29, 1.82) is 5.26 Å². The van der Waals surface area contributed by atoms with Crippen LogP contribution in [0, 0.1) is 24.1 Å². The van der Waals surface area contributed by atoms with E-state index in [-0.39, 0.29) is 11.5 Å². The number of nitriles is 1. The molecule has 0 aliphatic carbocycles. The molecule has 29 heavy (non-hydrogen) atoms. The van der Waals surface area contributed by atoms with Crippen LogP contribution in [-0.4, -0.2) is 42.0 Å². The first-order chi connectivity index (χ1) is 14.0. The number of benzene rings is 2. The predicted octanol–water partition coefficient (Wildman–Crippen LogP) is 4.14. The highest BCUT2D eigenvalue weighted by molar-refractivity contribution is 6.04. The number of hydrogen-bond donors (Lipinski definition) is 0. The summed E-state index contributed by atoms with van der Waals surface area (Å²) in [6, 6.07) is 12.0. The van der Waals surface area contributed by atoms with Crippen LogP contribution in [0.5, 0.6) is 0 Å². The second kappa shape index (κ2) is 8.74. The Kier molecular flexibility index (Phi) is 6.13. The van der Waals surface area contributed by atoms with Crippen LogP contribution in [0.25, 0.3) is 11.1 Å². The van der Waals surface area contributed by atoms with E-state index in [9.17, 15) is 9.18 Å². The van der Waals surface area contributed by atoms with Crippen LogP contribution in [0.2, 0.25) is 0 Å². The number of fused-ring (bicyclic) bond motifs is 1. The quantitative estimate of drug-likeness (QED) is 0.653. The van der Waals surface area contributed by atoms with Crippen LogP contribution in [0.4, 0.5) is 10.1 Å². The van der Waals surface area contributed by atoms with E-state index in [0.29, 0.717) is 48.7 Å². The summed E-state index contributed by atoms with van der Waals surface area (Å²) in [5, 5.41) is 9.05. The first-order valence-electron chi connectivity index (χ1n) is 9.66. The summed E-state index contributed by atoms with van der Waals surface area (Å²) in [4.78, 5) is 20.9. The van der Waals surface area contributed by atoms with E-state index in [0.717, 1.165) is 5.69 Å². The molecule has 150 valence electrons. The van der Waals surface area contributed by atoms with Gasteiger partial charge in [0.25, 0.3) is 5.91 Å². The topological polar surface area (TPSA) is 73.4 Å². The molecule has 0 bridgehead atoms. The van der Waals surface area contributed by atoms with Gasteiger partial charge in [0.2, 0.25) is 0 Å². The van der Waals surface area contributed by atoms with Crippen molar-refractivity contribution in [2.24, 2.45) is 0 Å². The van der Waals surface area contributed by atoms with Crippen LogP contribution in [0.15, 0.2) is 40.8 Å². The normalized spacial score (nSPS) is 13.6. The molecule has 2 heterocycles. The van der Waals surface area contributed by atoms with Crippen molar-refractivity contribution in [2.45, 2.75) is 20.8 Å². The summed E-state index contributed by atoms with van der Waals surface area (Å²) < 4.78 is 19.4. The minimum Gasteiger partial charge on any atom is -0.440 e. The Morgan fingerprint density at radius 1 is 1.17 bits per heavy atom. The molecule has 2 aromatic carbocycles. The van der Waals surface area contributed by atoms with Gasteiger partial charge in [-0.1, -0.05) is 19.9 Å². The molecule has 3 aromatic rings. The fraction of sp³-hybridized carbons (Fsp3) is 0.318. The summed E-state index contributed by atoms with van der Waals surface area (Å²) in [6.45, 7) is 7.94. The van der Waals surface area contributed by atoms with Crippen molar-refractivity contribution in [3.05, 3.63) is 59.2 Å². The molecule has 1 amide bonds. The van der Waals surface area contributed by atoms with Gasteiger partial charge in [0.1, 0.15) is 11.3 Å². The number of nitrogens with zero attached hydrogens (tertiary/aromatic N) is 4. The molecular formula is C22H23FN4O2. The van der Waals surface area contributed by atoms with Crippen LogP contribution in [0.1, 0.15) is 35.7 Å². The van der Waals surface area contributed by atoms with Gasteiger partial charge in [0, 0.05) is 44.9 Å². The highest BCUT2D eigenvalue weighted by Gasteiger charge is 2.26. The van der Waals surface area contributed by atoms with E-state index in [1.807, 2.05) is 32.0 Å². The summed E-state index contributed by atoms with van der Waals surface area (Å²) in [6.07, 6.45) is 0. The monoisotopic (exact) mass is 394 g/mol. The highest BCUT2D eigenvalue weighted by Crippen LogP contribution is 2.24. The molecule has 0 spiro atoms. The molecule has 1 saturated heterocycles. The third-order valence-corrected chi connectivity index (χ3v) is 4.70. The molecule has 1 aliphatic rings. The van der Waals surface area contributed by atoms with Crippen molar-refractivity contribution in [2.75, 3.05) is 31.1 Å². The SMILES string of the molecule is CC.Cc1nc2cc(F)cc(C(=O)N3CCN(c4cccc(C#N)c4)CC3)c2o1. The number of rotatable bonds is 2. The van der Waals surface area contributed by atoms with Gasteiger partial charge in [0.05, 0.1) is 17.2 Å². The molecule has 0 radical (unpaired) electrons. The van der Waals surface area contributed by atoms with Crippen LogP contribution < -0.4 is 4.90 Å². The second-order valence-corrected chi connectivity index (χ2v) is 6.48. The van der Waals surface area contributed by atoms with E-state index >= 15 is 0 Å². The molecule has 0 N–H and O–H groups in total. The Hall–Kier alpha value is -3.40. The number of oxazole rings is 1. The number of carbonyl (C=O) groups is 1. The number of piperazine rings is 1. The Bertz CT molecular complexity index is 1060. The van der Waals surface area contributed by atoms with Gasteiger partial charge >= 0.3 is 0 Å². The number of aromatic nitrogens is 1. The maximum atomic E-state index is 13.9. The van der Waals surface area contributed by atoms with Crippen molar-refractivity contribution < 1.29 is 13.6 Å². The van der Waals surface area contributed by atoms with Gasteiger partial charge in [-0.3, -0.25) is 4.79 Å². The molecule has 1 fully saturated rings. The molecular weight excluding hydrogens is 371 g/mol. The van der Waals surface area contributed by atoms with Crippen molar-refractivity contribution in [1.82, 2.24) is 9.88 Å². The molecule has 0 saturated carbocycles. The Labute approximate surface area is 169 Å². The molecule has 1 aromatic heterocycles. The number of halogens is 1. The van der Waals surface area contributed by atoms with Gasteiger partial charge < -0.3 is 14.2 Å².